The monoisotopic (exact) mass is 483 g/mol. The Balaban J connectivity index is 2.48. The number of hydrogen-bond donors (Lipinski definition) is 0. The van der Waals surface area contributed by atoms with E-state index >= 15 is 0 Å². The first-order valence-electron chi connectivity index (χ1n) is 12.1. The average Bonchev–Trinajstić information content (AvgIpc) is 2.86. The molecule has 0 radical (unpaired) electrons. The normalized spacial score (nSPS) is 16.2. The summed E-state index contributed by atoms with van der Waals surface area (Å²) in [7, 11) is -2.84. The lowest BCUT2D eigenvalue weighted by atomic mass is 9.90. The first kappa shape index (κ1) is 27.3. The molecule has 0 amide bonds. The maximum Gasteiger partial charge on any atom is 0.192 e. The maximum atomic E-state index is 13.6. The molecule has 3 nitrogen and oxygen atoms in total. The van der Waals surface area contributed by atoms with Gasteiger partial charge in [0.15, 0.2) is 8.32 Å². The predicted octanol–water partition coefficient (Wildman–Crippen LogP) is 8.03. The molecule has 0 heterocycles. The molecule has 2 rings (SSSR count). The second kappa shape index (κ2) is 13.1. The van der Waals surface area contributed by atoms with Crippen molar-refractivity contribution < 1.29 is 8.63 Å². The van der Waals surface area contributed by atoms with E-state index < -0.39 is 18.0 Å². The van der Waals surface area contributed by atoms with Crippen LogP contribution < -0.4 is 0 Å². The van der Waals surface area contributed by atoms with E-state index in [0.29, 0.717) is 5.92 Å². The van der Waals surface area contributed by atoms with Crippen molar-refractivity contribution in [2.45, 2.75) is 63.8 Å². The van der Waals surface area contributed by atoms with Crippen LogP contribution in [-0.2, 0) is 14.2 Å². The molecule has 1 unspecified atom stereocenters. The first-order valence-corrected chi connectivity index (χ1v) is 16.2. The molecule has 2 aromatic rings. The Bertz CT molecular complexity index is 996. The minimum Gasteiger partial charge on any atom is -0.410 e. The molecule has 33 heavy (non-hydrogen) atoms. The van der Waals surface area contributed by atoms with Gasteiger partial charge in [-0.25, -0.2) is 8.57 Å². The van der Waals surface area contributed by atoms with E-state index in [1.54, 1.807) is 7.05 Å². The van der Waals surface area contributed by atoms with Gasteiger partial charge >= 0.3 is 0 Å². The van der Waals surface area contributed by atoms with Crippen LogP contribution in [-0.4, -0.2) is 25.7 Å². The summed E-state index contributed by atoms with van der Waals surface area (Å²) < 4.78 is 24.9. The van der Waals surface area contributed by atoms with Gasteiger partial charge in [0.2, 0.25) is 0 Å². The molecule has 0 saturated heterocycles. The minimum atomic E-state index is -2.62. The third kappa shape index (κ3) is 7.52. The molecular weight excluding hydrogens is 442 g/mol. The van der Waals surface area contributed by atoms with Crippen LogP contribution in [0.3, 0.4) is 0 Å². The Morgan fingerprint density at radius 1 is 0.909 bits per heavy atom. The minimum absolute atomic E-state index is 0.0794. The lowest BCUT2D eigenvalue weighted by molar-refractivity contribution is 0.162. The largest absolute Gasteiger partial charge is 0.410 e. The van der Waals surface area contributed by atoms with Gasteiger partial charge in [-0.3, -0.25) is 0 Å². The van der Waals surface area contributed by atoms with Crippen molar-refractivity contribution in [1.29, 1.82) is 0 Å². The molecule has 0 aliphatic heterocycles. The van der Waals surface area contributed by atoms with Crippen molar-refractivity contribution in [2.75, 3.05) is 7.05 Å². The van der Waals surface area contributed by atoms with Crippen LogP contribution in [0.15, 0.2) is 87.5 Å². The third-order valence-electron chi connectivity index (χ3n) is 6.58. The van der Waals surface area contributed by atoms with Crippen LogP contribution in [0.2, 0.25) is 18.1 Å². The molecule has 0 aliphatic rings. The summed E-state index contributed by atoms with van der Waals surface area (Å²) in [6.07, 6.45) is 6.38. The quantitative estimate of drug-likeness (QED) is 0.287. The highest BCUT2D eigenvalue weighted by Crippen LogP contribution is 2.31. The van der Waals surface area contributed by atoms with Crippen molar-refractivity contribution in [1.82, 2.24) is 0 Å². The zero-order valence-corrected chi connectivity index (χ0v) is 22.9. The van der Waals surface area contributed by atoms with Crippen LogP contribution in [0.1, 0.15) is 40.2 Å². The van der Waals surface area contributed by atoms with E-state index in [4.69, 9.17) is 4.43 Å². The third-order valence-corrected chi connectivity index (χ3v) is 13.2. The highest BCUT2D eigenvalue weighted by Gasteiger charge is 2.34. The summed E-state index contributed by atoms with van der Waals surface area (Å²) in [5, 5.41) is 1.81. The molecule has 2 aromatic carbocycles. The number of nitrogens with zero attached hydrogens (tertiary/aromatic N) is 1. The van der Waals surface area contributed by atoms with E-state index in [1.165, 1.54) is 0 Å². The van der Waals surface area contributed by atoms with Gasteiger partial charge in [-0.2, -0.15) is 0 Å². The second-order valence-corrected chi connectivity index (χ2v) is 15.8. The van der Waals surface area contributed by atoms with E-state index in [9.17, 15) is 4.21 Å². The van der Waals surface area contributed by atoms with Crippen LogP contribution in [0.4, 0.5) is 0 Å². The van der Waals surface area contributed by atoms with Crippen LogP contribution in [0, 0.1) is 11.8 Å². The van der Waals surface area contributed by atoms with Crippen molar-refractivity contribution in [3.8, 4) is 0 Å². The maximum absolute atomic E-state index is 13.6. The van der Waals surface area contributed by atoms with Crippen LogP contribution >= 0.6 is 0 Å². The van der Waals surface area contributed by atoms with Crippen molar-refractivity contribution in [3.05, 3.63) is 83.8 Å². The van der Waals surface area contributed by atoms with Gasteiger partial charge in [-0.1, -0.05) is 101 Å². The fraction of sp³-hybridized carbons (Fsp3) is 0.429. The van der Waals surface area contributed by atoms with Gasteiger partial charge < -0.3 is 4.43 Å². The summed E-state index contributed by atoms with van der Waals surface area (Å²) in [5.74, 6) is 0.410. The van der Waals surface area contributed by atoms with Gasteiger partial charge in [-0.15, -0.1) is 0 Å². The van der Waals surface area contributed by atoms with E-state index in [2.05, 4.69) is 81.5 Å². The van der Waals surface area contributed by atoms with Gasteiger partial charge in [0, 0.05) is 18.4 Å². The molecule has 5 heteroatoms. The molecular formula is C28H41NO2SSi. The first-order chi connectivity index (χ1) is 15.8. The molecule has 0 spiro atoms. The Morgan fingerprint density at radius 3 is 1.94 bits per heavy atom. The Kier molecular flexibility index (Phi) is 10.8. The smallest absolute Gasteiger partial charge is 0.192 e. The number of hydrogen-bond acceptors (Lipinski definition) is 3. The van der Waals surface area contributed by atoms with Gasteiger partial charge in [0.05, 0.1) is 20.7 Å². The Hall–Kier alpha value is -1.95. The molecule has 0 aromatic heterocycles. The fourth-order valence-electron chi connectivity index (χ4n) is 4.07. The molecule has 180 valence electrons. The molecule has 0 aliphatic carbocycles. The van der Waals surface area contributed by atoms with Crippen molar-refractivity contribution in [3.63, 3.8) is 0 Å². The van der Waals surface area contributed by atoms with Crippen LogP contribution in [0.25, 0.3) is 6.08 Å². The van der Waals surface area contributed by atoms with Crippen molar-refractivity contribution in [2.24, 2.45) is 16.2 Å². The zero-order chi connectivity index (χ0) is 24.3. The summed E-state index contributed by atoms with van der Waals surface area (Å²) >= 11 is 0. The molecule has 3 atom stereocenters. The van der Waals surface area contributed by atoms with Crippen molar-refractivity contribution >= 4 is 24.1 Å². The summed E-state index contributed by atoms with van der Waals surface area (Å²) in [6.45, 7) is 11.2. The highest BCUT2D eigenvalue weighted by molar-refractivity contribution is 7.96. The second-order valence-electron chi connectivity index (χ2n) is 8.81. The predicted molar refractivity (Wildman–Crippen MR) is 146 cm³/mol. The topological polar surface area (TPSA) is 38.7 Å². The SMILES string of the molecule is CC[Si](CC)(CC)O[C@H](/C=C/c1ccccc1)[C@H](/C=C\S(=O)(=NC)c1ccccc1)C(C)C. The molecule has 0 bridgehead atoms. The summed E-state index contributed by atoms with van der Waals surface area (Å²) in [6, 6.07) is 23.1. The van der Waals surface area contributed by atoms with Gasteiger partial charge in [0.25, 0.3) is 0 Å². The molecule has 0 saturated carbocycles. The lowest BCUT2D eigenvalue weighted by Crippen LogP contribution is -2.42. The fourth-order valence-corrected chi connectivity index (χ4v) is 8.32. The number of rotatable bonds is 12. The number of benzene rings is 2. The highest BCUT2D eigenvalue weighted by atomic mass is 32.2. The van der Waals surface area contributed by atoms with Gasteiger partial charge in [0.1, 0.15) is 0 Å². The Labute approximate surface area is 203 Å². The lowest BCUT2D eigenvalue weighted by Gasteiger charge is -2.36. The van der Waals surface area contributed by atoms with E-state index in [-0.39, 0.29) is 12.0 Å². The summed E-state index contributed by atoms with van der Waals surface area (Å²) in [5.41, 5.74) is 1.16. The zero-order valence-electron chi connectivity index (χ0n) is 21.1. The average molecular weight is 484 g/mol. The van der Waals surface area contributed by atoms with E-state index in [0.717, 1.165) is 28.6 Å². The Morgan fingerprint density at radius 2 is 1.45 bits per heavy atom. The van der Waals surface area contributed by atoms with E-state index in [1.807, 2.05) is 41.8 Å². The van der Waals surface area contributed by atoms with Gasteiger partial charge in [-0.05, 0) is 41.7 Å². The standard InChI is InChI=1S/C28H41NO2SSi/c1-7-33(8-2,9-3)31-28(21-20-25-16-12-10-13-17-25)27(24(4)5)22-23-32(30,29-6)26-18-14-11-15-19-26/h10-24,27-28H,7-9H2,1-6H3/b21-20+,23-22-/t27-,28-,32?/m1/s1. The summed E-state index contributed by atoms with van der Waals surface area (Å²) in [4.78, 5) is 0.739. The molecule has 0 N–H and O–H groups in total. The van der Waals surface area contributed by atoms with Crippen LogP contribution in [0.5, 0.6) is 0 Å². The molecule has 0 fully saturated rings.